The molecule has 3 nitrogen and oxygen atoms in total. The lowest BCUT2D eigenvalue weighted by atomic mass is 10.1. The van der Waals surface area contributed by atoms with Gasteiger partial charge in [0.2, 0.25) is 0 Å². The van der Waals surface area contributed by atoms with Crippen LogP contribution in [0.1, 0.15) is 39.7 Å². The highest BCUT2D eigenvalue weighted by Crippen LogP contribution is 2.29. The molecule has 6 heteroatoms. The van der Waals surface area contributed by atoms with Gasteiger partial charge in [0.15, 0.2) is 0 Å². The Morgan fingerprint density at radius 2 is 1.76 bits per heavy atom. The molecule has 0 fully saturated rings. The molecule has 1 aromatic carbocycles. The highest BCUT2D eigenvalue weighted by Gasteiger charge is 2.29. The van der Waals surface area contributed by atoms with Gasteiger partial charge in [-0.3, -0.25) is 5.32 Å². The van der Waals surface area contributed by atoms with Crippen LogP contribution in [0.2, 0.25) is 0 Å². The molecule has 0 heterocycles. The highest BCUT2D eigenvalue weighted by atomic mass is 19.4. The number of halogens is 3. The molecule has 1 amide bonds. The Bertz CT molecular complexity index is 416. The van der Waals surface area contributed by atoms with E-state index in [4.69, 9.17) is 4.74 Å². The molecule has 1 atom stereocenters. The lowest BCUT2D eigenvalue weighted by Crippen LogP contribution is -2.17. The Labute approximate surface area is 123 Å². The maximum absolute atomic E-state index is 12.3. The van der Waals surface area contributed by atoms with E-state index in [1.165, 1.54) is 12.1 Å². The highest BCUT2D eigenvalue weighted by molar-refractivity contribution is 5.84. The fourth-order valence-electron chi connectivity index (χ4n) is 1.23. The fraction of sp³-hybridized carbons (Fsp3) is 0.533. The van der Waals surface area contributed by atoms with Gasteiger partial charge in [-0.05, 0) is 30.2 Å². The molecule has 0 spiro atoms. The molecule has 0 aromatic heterocycles. The first-order valence-electron chi connectivity index (χ1n) is 6.94. The summed E-state index contributed by atoms with van der Waals surface area (Å²) >= 11 is 0. The maximum atomic E-state index is 12.3. The number of anilines is 1. The van der Waals surface area contributed by atoms with Gasteiger partial charge in [0.1, 0.15) is 0 Å². The van der Waals surface area contributed by atoms with Crippen LogP contribution in [-0.2, 0) is 10.9 Å². The van der Waals surface area contributed by atoms with Crippen LogP contribution in [0.5, 0.6) is 0 Å². The maximum Gasteiger partial charge on any atom is 0.416 e. The van der Waals surface area contributed by atoms with Crippen molar-refractivity contribution >= 4 is 11.8 Å². The van der Waals surface area contributed by atoms with Gasteiger partial charge in [-0.15, -0.1) is 0 Å². The largest absolute Gasteiger partial charge is 0.449 e. The zero-order valence-corrected chi connectivity index (χ0v) is 12.8. The van der Waals surface area contributed by atoms with Gasteiger partial charge in [-0.2, -0.15) is 13.2 Å². The van der Waals surface area contributed by atoms with E-state index in [0.717, 1.165) is 18.6 Å². The number of ether oxygens (including phenoxy) is 1. The number of nitrogens with one attached hydrogen (secondary N) is 1. The minimum absolute atomic E-state index is 0.248. The minimum Gasteiger partial charge on any atom is -0.449 e. The first kappa shape index (κ1) is 19.3. The van der Waals surface area contributed by atoms with Gasteiger partial charge < -0.3 is 4.74 Å². The summed E-state index contributed by atoms with van der Waals surface area (Å²) in [7, 11) is 0. The fourth-order valence-corrected chi connectivity index (χ4v) is 1.23. The van der Waals surface area contributed by atoms with Crippen LogP contribution in [0.4, 0.5) is 23.7 Å². The third-order valence-corrected chi connectivity index (χ3v) is 2.65. The number of hydrogen-bond acceptors (Lipinski definition) is 2. The van der Waals surface area contributed by atoms with Crippen molar-refractivity contribution in [3.8, 4) is 0 Å². The number of carbonyl (C=O) groups excluding carboxylic acids is 1. The van der Waals surface area contributed by atoms with Crippen molar-refractivity contribution in [2.24, 2.45) is 5.92 Å². The Kier molecular flexibility index (Phi) is 8.50. The van der Waals surface area contributed by atoms with Gasteiger partial charge >= 0.3 is 12.3 Å². The molecule has 0 bridgehead atoms. The third kappa shape index (κ3) is 7.58. The predicted molar refractivity (Wildman–Crippen MR) is 77.2 cm³/mol. The molecule has 0 saturated heterocycles. The van der Waals surface area contributed by atoms with E-state index in [2.05, 4.69) is 5.32 Å². The van der Waals surface area contributed by atoms with Gasteiger partial charge in [-0.1, -0.05) is 34.1 Å². The zero-order valence-electron chi connectivity index (χ0n) is 12.8. The molecular formula is C15H22F3NO2. The van der Waals surface area contributed by atoms with E-state index in [9.17, 15) is 18.0 Å². The second kappa shape index (κ2) is 9.26. The second-order valence-corrected chi connectivity index (χ2v) is 4.31. The van der Waals surface area contributed by atoms with Crippen LogP contribution >= 0.6 is 0 Å². The van der Waals surface area contributed by atoms with E-state index < -0.39 is 17.8 Å². The van der Waals surface area contributed by atoms with Gasteiger partial charge in [0, 0.05) is 5.69 Å². The van der Waals surface area contributed by atoms with Gasteiger partial charge in [0.25, 0.3) is 0 Å². The summed E-state index contributed by atoms with van der Waals surface area (Å²) in [6.07, 6.45) is -4.16. The summed E-state index contributed by atoms with van der Waals surface area (Å²) in [5.41, 5.74) is -0.492. The summed E-state index contributed by atoms with van der Waals surface area (Å²) in [5, 5.41) is 2.37. The van der Waals surface area contributed by atoms with E-state index in [-0.39, 0.29) is 18.2 Å². The van der Waals surface area contributed by atoms with E-state index in [1.807, 2.05) is 27.7 Å². The van der Waals surface area contributed by atoms with E-state index in [0.29, 0.717) is 0 Å². The number of rotatable bonds is 4. The Morgan fingerprint density at radius 1 is 1.24 bits per heavy atom. The van der Waals surface area contributed by atoms with Crippen molar-refractivity contribution in [1.29, 1.82) is 0 Å². The van der Waals surface area contributed by atoms with Crippen LogP contribution in [-0.4, -0.2) is 12.7 Å². The quantitative estimate of drug-likeness (QED) is 0.817. The lowest BCUT2D eigenvalue weighted by Gasteiger charge is -2.11. The summed E-state index contributed by atoms with van der Waals surface area (Å²) in [6, 6.07) is 4.19. The predicted octanol–water partition coefficient (Wildman–Crippen LogP) is 5.33. The van der Waals surface area contributed by atoms with Crippen LogP contribution in [0.3, 0.4) is 0 Å². The Morgan fingerprint density at radius 3 is 2.19 bits per heavy atom. The van der Waals surface area contributed by atoms with E-state index in [1.54, 1.807) is 0 Å². The van der Waals surface area contributed by atoms with Crippen molar-refractivity contribution in [1.82, 2.24) is 0 Å². The van der Waals surface area contributed by atoms with Crippen molar-refractivity contribution in [3.63, 3.8) is 0 Å². The standard InChI is InChI=1S/C13H16F3NO2.C2H6/c1-3-9(2)8-19-12(18)17-11-6-4-10(5-7-11)13(14,15)16;1-2/h4-7,9H,3,8H2,1-2H3,(H,17,18);1-2H3. The normalized spacial score (nSPS) is 12.0. The molecular weight excluding hydrogens is 283 g/mol. The lowest BCUT2D eigenvalue weighted by molar-refractivity contribution is -0.137. The monoisotopic (exact) mass is 305 g/mol. The Hall–Kier alpha value is -1.72. The van der Waals surface area contributed by atoms with E-state index >= 15 is 0 Å². The van der Waals surface area contributed by atoms with Crippen molar-refractivity contribution < 1.29 is 22.7 Å². The topological polar surface area (TPSA) is 38.3 Å². The number of carbonyl (C=O) groups is 1. The summed E-state index contributed by atoms with van der Waals surface area (Å²) in [6.45, 7) is 8.19. The number of hydrogen-bond donors (Lipinski definition) is 1. The van der Waals surface area contributed by atoms with Crippen LogP contribution in [0, 0.1) is 5.92 Å². The molecule has 0 aliphatic heterocycles. The molecule has 0 aliphatic rings. The van der Waals surface area contributed by atoms with Crippen molar-refractivity contribution in [3.05, 3.63) is 29.8 Å². The van der Waals surface area contributed by atoms with Crippen LogP contribution in [0.25, 0.3) is 0 Å². The minimum atomic E-state index is -4.38. The number of amides is 1. The number of benzene rings is 1. The first-order chi connectivity index (χ1) is 9.82. The third-order valence-electron chi connectivity index (χ3n) is 2.65. The molecule has 1 N–H and O–H groups in total. The summed E-state index contributed by atoms with van der Waals surface area (Å²) in [4.78, 5) is 11.4. The van der Waals surface area contributed by atoms with Gasteiger partial charge in [0.05, 0.1) is 12.2 Å². The zero-order chi connectivity index (χ0) is 16.5. The average Bonchev–Trinajstić information content (AvgIpc) is 2.46. The van der Waals surface area contributed by atoms with Crippen LogP contribution < -0.4 is 5.32 Å². The molecule has 21 heavy (non-hydrogen) atoms. The molecule has 1 rings (SSSR count). The Balaban J connectivity index is 0.00000191. The number of alkyl halides is 3. The molecule has 0 saturated carbocycles. The van der Waals surface area contributed by atoms with Crippen LogP contribution in [0.15, 0.2) is 24.3 Å². The van der Waals surface area contributed by atoms with Gasteiger partial charge in [-0.25, -0.2) is 4.79 Å². The van der Waals surface area contributed by atoms with Crippen molar-refractivity contribution in [2.75, 3.05) is 11.9 Å². The smallest absolute Gasteiger partial charge is 0.416 e. The summed E-state index contributed by atoms with van der Waals surface area (Å²) < 4.78 is 41.9. The van der Waals surface area contributed by atoms with Crippen molar-refractivity contribution in [2.45, 2.75) is 40.3 Å². The average molecular weight is 305 g/mol. The molecule has 1 aromatic rings. The molecule has 120 valence electrons. The molecule has 0 aliphatic carbocycles. The second-order valence-electron chi connectivity index (χ2n) is 4.31. The first-order valence-corrected chi connectivity index (χ1v) is 6.94. The summed E-state index contributed by atoms with van der Waals surface area (Å²) in [5.74, 6) is 0.248. The SMILES string of the molecule is CC.CCC(C)COC(=O)Nc1ccc(C(F)(F)F)cc1. The molecule has 0 radical (unpaired) electrons. The molecule has 1 unspecified atom stereocenters.